The highest BCUT2D eigenvalue weighted by Gasteiger charge is 2.26. The van der Waals surface area contributed by atoms with Crippen LogP contribution in [0.15, 0.2) is 28.9 Å². The Labute approximate surface area is 189 Å². The number of carbonyl (C=O) groups is 2. The number of rotatable bonds is 8. The van der Waals surface area contributed by atoms with Crippen molar-refractivity contribution in [3.63, 3.8) is 0 Å². The molecule has 2 amide bonds. The van der Waals surface area contributed by atoms with Gasteiger partial charge in [0.1, 0.15) is 10.6 Å². The quantitative estimate of drug-likeness (QED) is 0.465. The maximum atomic E-state index is 12.9. The van der Waals surface area contributed by atoms with Crippen LogP contribution in [0.1, 0.15) is 45.6 Å². The Balaban J connectivity index is 1.52. The van der Waals surface area contributed by atoms with E-state index in [1.165, 1.54) is 16.2 Å². The van der Waals surface area contributed by atoms with Crippen LogP contribution in [0.3, 0.4) is 0 Å². The van der Waals surface area contributed by atoms with E-state index in [0.29, 0.717) is 34.3 Å². The molecule has 2 aromatic heterocycles. The summed E-state index contributed by atoms with van der Waals surface area (Å²) in [6.07, 6.45) is 6.46. The molecule has 0 unspecified atom stereocenters. The predicted octanol–water partition coefficient (Wildman–Crippen LogP) is 4.97. The van der Waals surface area contributed by atoms with Crippen molar-refractivity contribution in [1.29, 1.82) is 0 Å². The van der Waals surface area contributed by atoms with Gasteiger partial charge in [0.2, 0.25) is 5.91 Å². The van der Waals surface area contributed by atoms with Gasteiger partial charge in [0, 0.05) is 41.1 Å². The van der Waals surface area contributed by atoms with Crippen LogP contribution in [0.4, 0.5) is 5.00 Å². The lowest BCUT2D eigenvalue weighted by Crippen LogP contribution is -2.27. The third-order valence-electron chi connectivity index (χ3n) is 5.43. The molecule has 1 aliphatic rings. The average molecular weight is 461 g/mol. The molecule has 0 saturated carbocycles. The molecule has 6 nitrogen and oxygen atoms in total. The zero-order valence-corrected chi connectivity index (χ0v) is 19.0. The Kier molecular flexibility index (Phi) is 6.95. The van der Waals surface area contributed by atoms with Gasteiger partial charge in [-0.25, -0.2) is 0 Å². The second-order valence-electron chi connectivity index (χ2n) is 7.64. The van der Waals surface area contributed by atoms with Crippen molar-refractivity contribution in [2.45, 2.75) is 38.5 Å². The number of fused-ring (bicyclic) bond motifs is 2. The number of halogens is 1. The molecule has 8 heteroatoms. The van der Waals surface area contributed by atoms with Crippen LogP contribution in [0.25, 0.3) is 11.0 Å². The first-order valence-corrected chi connectivity index (χ1v) is 11.6. The smallest absolute Gasteiger partial charge is 0.254 e. The first-order chi connectivity index (χ1) is 15.1. The van der Waals surface area contributed by atoms with Gasteiger partial charge in [-0.15, -0.1) is 11.3 Å². The monoisotopic (exact) mass is 460 g/mol. The van der Waals surface area contributed by atoms with Gasteiger partial charge in [-0.1, -0.05) is 11.6 Å². The van der Waals surface area contributed by atoms with E-state index in [9.17, 15) is 9.59 Å². The van der Waals surface area contributed by atoms with E-state index >= 15 is 0 Å². The minimum Gasteiger partial charge on any atom is -0.464 e. The van der Waals surface area contributed by atoms with Crippen LogP contribution in [0.2, 0.25) is 5.02 Å². The number of methoxy groups -OCH3 is 1. The summed E-state index contributed by atoms with van der Waals surface area (Å²) in [5.74, 6) is -0.318. The van der Waals surface area contributed by atoms with E-state index < -0.39 is 0 Å². The number of aryl methyl sites for hydroxylation is 1. The molecule has 0 spiro atoms. The largest absolute Gasteiger partial charge is 0.464 e. The first-order valence-electron chi connectivity index (χ1n) is 10.4. The molecule has 2 N–H and O–H groups in total. The van der Waals surface area contributed by atoms with Gasteiger partial charge in [0.15, 0.2) is 0 Å². The fourth-order valence-corrected chi connectivity index (χ4v) is 5.41. The molecular weight excluding hydrogens is 436 g/mol. The van der Waals surface area contributed by atoms with Crippen LogP contribution in [0.5, 0.6) is 0 Å². The Morgan fingerprint density at radius 1 is 1.26 bits per heavy atom. The summed E-state index contributed by atoms with van der Waals surface area (Å²) in [6, 6.07) is 5.34. The molecule has 0 aliphatic heterocycles. The summed E-state index contributed by atoms with van der Waals surface area (Å²) in [5.41, 5.74) is 3.15. The molecular formula is C23H25ClN2O4S. The molecule has 0 radical (unpaired) electrons. The van der Waals surface area contributed by atoms with Crippen molar-refractivity contribution in [1.82, 2.24) is 5.32 Å². The lowest BCUT2D eigenvalue weighted by Gasteiger charge is -2.13. The maximum absolute atomic E-state index is 12.9. The summed E-state index contributed by atoms with van der Waals surface area (Å²) in [7, 11) is 1.64. The number of furan rings is 1. The molecule has 4 rings (SSSR count). The van der Waals surface area contributed by atoms with Gasteiger partial charge in [-0.05, 0) is 55.9 Å². The zero-order chi connectivity index (χ0) is 21.8. The van der Waals surface area contributed by atoms with Crippen LogP contribution in [-0.2, 0) is 28.8 Å². The van der Waals surface area contributed by atoms with Crippen LogP contribution >= 0.6 is 22.9 Å². The van der Waals surface area contributed by atoms with Gasteiger partial charge in [-0.2, -0.15) is 0 Å². The highest BCUT2D eigenvalue weighted by molar-refractivity contribution is 7.17. The van der Waals surface area contributed by atoms with Gasteiger partial charge in [-0.3, -0.25) is 9.59 Å². The third-order valence-corrected chi connectivity index (χ3v) is 6.87. The SMILES string of the molecule is COCCCNC(=O)c1c(NC(=O)Cc2coc3ccc(Cl)cc23)sc2c1CCCC2. The molecule has 0 bridgehead atoms. The van der Waals surface area contributed by atoms with Crippen molar-refractivity contribution in [3.8, 4) is 0 Å². The molecule has 2 heterocycles. The van der Waals surface area contributed by atoms with Gasteiger partial charge in [0.25, 0.3) is 5.91 Å². The lowest BCUT2D eigenvalue weighted by molar-refractivity contribution is -0.115. The van der Waals surface area contributed by atoms with Crippen LogP contribution in [0, 0.1) is 0 Å². The van der Waals surface area contributed by atoms with E-state index in [1.54, 1.807) is 31.6 Å². The highest BCUT2D eigenvalue weighted by Crippen LogP contribution is 2.38. The highest BCUT2D eigenvalue weighted by atomic mass is 35.5. The summed E-state index contributed by atoms with van der Waals surface area (Å²) in [5, 5.41) is 8.00. The minimum atomic E-state index is -0.185. The Hall–Kier alpha value is -2.35. The number of hydrogen-bond donors (Lipinski definition) is 2. The Morgan fingerprint density at radius 2 is 2.10 bits per heavy atom. The second kappa shape index (κ2) is 9.85. The van der Waals surface area contributed by atoms with Gasteiger partial charge >= 0.3 is 0 Å². The molecule has 1 aromatic carbocycles. The topological polar surface area (TPSA) is 80.6 Å². The Morgan fingerprint density at radius 3 is 2.94 bits per heavy atom. The maximum Gasteiger partial charge on any atom is 0.254 e. The third kappa shape index (κ3) is 4.95. The molecule has 164 valence electrons. The zero-order valence-electron chi connectivity index (χ0n) is 17.4. The normalized spacial score (nSPS) is 13.2. The molecule has 0 saturated heterocycles. The summed E-state index contributed by atoms with van der Waals surface area (Å²) >= 11 is 7.62. The van der Waals surface area contributed by atoms with E-state index in [4.69, 9.17) is 20.8 Å². The number of anilines is 1. The lowest BCUT2D eigenvalue weighted by atomic mass is 9.95. The second-order valence-corrected chi connectivity index (χ2v) is 9.19. The number of hydrogen-bond acceptors (Lipinski definition) is 5. The molecule has 31 heavy (non-hydrogen) atoms. The van der Waals surface area contributed by atoms with E-state index in [0.717, 1.165) is 48.6 Å². The van der Waals surface area contributed by atoms with Crippen molar-refractivity contribution >= 4 is 50.7 Å². The molecule has 3 aromatic rings. The predicted molar refractivity (Wildman–Crippen MR) is 123 cm³/mol. The minimum absolute atomic E-state index is 0.133. The number of thiophene rings is 1. The van der Waals surface area contributed by atoms with Crippen LogP contribution in [-0.4, -0.2) is 32.1 Å². The van der Waals surface area contributed by atoms with Crippen molar-refractivity contribution < 1.29 is 18.7 Å². The molecule has 0 atom stereocenters. The first kappa shape index (κ1) is 21.9. The summed E-state index contributed by atoms with van der Waals surface area (Å²) < 4.78 is 10.6. The average Bonchev–Trinajstić information content (AvgIpc) is 3.31. The molecule has 0 fully saturated rings. The summed E-state index contributed by atoms with van der Waals surface area (Å²) in [6.45, 7) is 1.13. The number of carbonyl (C=O) groups excluding carboxylic acids is 2. The van der Waals surface area contributed by atoms with E-state index in [1.807, 2.05) is 0 Å². The fraction of sp³-hybridized carbons (Fsp3) is 0.391. The van der Waals surface area contributed by atoms with E-state index in [2.05, 4.69) is 10.6 Å². The van der Waals surface area contributed by atoms with Gasteiger partial charge < -0.3 is 19.8 Å². The number of ether oxygens (including phenoxy) is 1. The standard InChI is InChI=1S/C23H25ClN2O4S/c1-29-10-4-9-25-22(28)21-16-5-2-3-6-19(16)31-23(21)26-20(27)11-14-13-30-18-8-7-15(24)12-17(14)18/h7-8,12-13H,2-6,9-11H2,1H3,(H,25,28)(H,26,27). The number of nitrogens with one attached hydrogen (secondary N) is 2. The van der Waals surface area contributed by atoms with E-state index in [-0.39, 0.29) is 18.2 Å². The van der Waals surface area contributed by atoms with Crippen LogP contribution < -0.4 is 10.6 Å². The number of benzene rings is 1. The van der Waals surface area contributed by atoms with Crippen molar-refractivity contribution in [2.24, 2.45) is 0 Å². The Bertz CT molecular complexity index is 1100. The molecule has 1 aliphatic carbocycles. The van der Waals surface area contributed by atoms with Gasteiger partial charge in [0.05, 0.1) is 18.2 Å². The fourth-order valence-electron chi connectivity index (χ4n) is 3.94. The van der Waals surface area contributed by atoms with Crippen molar-refractivity contribution in [2.75, 3.05) is 25.6 Å². The summed E-state index contributed by atoms with van der Waals surface area (Å²) in [4.78, 5) is 27.0. The number of amides is 2. The van der Waals surface area contributed by atoms with Crippen molar-refractivity contribution in [3.05, 3.63) is 51.1 Å².